The molecule has 0 aliphatic carbocycles. The lowest BCUT2D eigenvalue weighted by molar-refractivity contribution is -0.147. The molecule has 0 aromatic carbocycles. The highest BCUT2D eigenvalue weighted by atomic mass is 16.4. The first kappa shape index (κ1) is 11.0. The maximum absolute atomic E-state index is 11.0. The largest absolute Gasteiger partial charge is 0.480 e. The summed E-state index contributed by atoms with van der Waals surface area (Å²) in [6.07, 6.45) is 0.556. The number of rotatable bonds is 3. The van der Waals surface area contributed by atoms with Crippen molar-refractivity contribution in [2.45, 2.75) is 34.1 Å². The highest BCUT2D eigenvalue weighted by Crippen LogP contribution is 2.30. The van der Waals surface area contributed by atoms with Crippen LogP contribution in [-0.2, 0) is 4.79 Å². The van der Waals surface area contributed by atoms with Crippen molar-refractivity contribution in [3.8, 4) is 11.8 Å². The molecule has 0 heterocycles. The fraction of sp³-hybridized carbons (Fsp3) is 0.700. The molecule has 0 aliphatic heterocycles. The van der Waals surface area contributed by atoms with Crippen molar-refractivity contribution in [1.29, 1.82) is 0 Å². The summed E-state index contributed by atoms with van der Waals surface area (Å²) in [6, 6.07) is 0. The van der Waals surface area contributed by atoms with E-state index in [0.717, 1.165) is 0 Å². The van der Waals surface area contributed by atoms with E-state index in [-0.39, 0.29) is 5.92 Å². The molecule has 0 radical (unpaired) electrons. The maximum atomic E-state index is 11.0. The zero-order chi connectivity index (χ0) is 9.78. The SMILES string of the molecule is CC#CC(CC)(C(=O)O)C(C)C. The average molecular weight is 168 g/mol. The predicted molar refractivity (Wildman–Crippen MR) is 48.6 cm³/mol. The first-order valence-electron chi connectivity index (χ1n) is 4.18. The van der Waals surface area contributed by atoms with Gasteiger partial charge < -0.3 is 5.11 Å². The highest BCUT2D eigenvalue weighted by Gasteiger charge is 2.38. The second kappa shape index (κ2) is 4.15. The molecule has 0 saturated heterocycles. The molecule has 0 fully saturated rings. The molecule has 0 aliphatic rings. The molecule has 2 heteroatoms. The van der Waals surface area contributed by atoms with Crippen molar-refractivity contribution in [3.05, 3.63) is 0 Å². The third-order valence-electron chi connectivity index (χ3n) is 2.27. The van der Waals surface area contributed by atoms with Crippen LogP contribution in [0.4, 0.5) is 0 Å². The van der Waals surface area contributed by atoms with Gasteiger partial charge in [0.1, 0.15) is 5.41 Å². The minimum Gasteiger partial charge on any atom is -0.480 e. The van der Waals surface area contributed by atoms with Gasteiger partial charge in [-0.25, -0.2) is 0 Å². The van der Waals surface area contributed by atoms with Gasteiger partial charge in [0, 0.05) is 0 Å². The molecule has 2 nitrogen and oxygen atoms in total. The minimum absolute atomic E-state index is 0.0486. The maximum Gasteiger partial charge on any atom is 0.322 e. The lowest BCUT2D eigenvalue weighted by Gasteiger charge is -2.26. The van der Waals surface area contributed by atoms with E-state index in [9.17, 15) is 4.79 Å². The Bertz CT molecular complexity index is 220. The van der Waals surface area contributed by atoms with Crippen LogP contribution < -0.4 is 0 Å². The number of aliphatic carboxylic acids is 1. The Morgan fingerprint density at radius 3 is 2.17 bits per heavy atom. The summed E-state index contributed by atoms with van der Waals surface area (Å²) >= 11 is 0. The smallest absolute Gasteiger partial charge is 0.322 e. The van der Waals surface area contributed by atoms with Crippen molar-refractivity contribution in [2.24, 2.45) is 11.3 Å². The van der Waals surface area contributed by atoms with Crippen molar-refractivity contribution in [3.63, 3.8) is 0 Å². The summed E-state index contributed by atoms with van der Waals surface area (Å²) in [7, 11) is 0. The van der Waals surface area contributed by atoms with Gasteiger partial charge in [-0.3, -0.25) is 4.79 Å². The van der Waals surface area contributed by atoms with E-state index in [1.807, 2.05) is 20.8 Å². The second-order valence-electron chi connectivity index (χ2n) is 3.16. The van der Waals surface area contributed by atoms with Crippen LogP contribution in [0, 0.1) is 23.2 Å². The van der Waals surface area contributed by atoms with E-state index in [2.05, 4.69) is 11.8 Å². The molecule has 0 rings (SSSR count). The monoisotopic (exact) mass is 168 g/mol. The predicted octanol–water partition coefficient (Wildman–Crippen LogP) is 2.15. The normalized spacial score (nSPS) is 14.8. The molecule has 0 spiro atoms. The Kier molecular flexibility index (Phi) is 3.82. The molecular formula is C10H16O2. The van der Waals surface area contributed by atoms with E-state index < -0.39 is 11.4 Å². The van der Waals surface area contributed by atoms with Crippen LogP contribution in [0.2, 0.25) is 0 Å². The minimum atomic E-state index is -0.852. The molecule has 0 amide bonds. The molecule has 0 bridgehead atoms. The van der Waals surface area contributed by atoms with Crippen LogP contribution in [0.15, 0.2) is 0 Å². The highest BCUT2D eigenvalue weighted by molar-refractivity contribution is 5.78. The Morgan fingerprint density at radius 2 is 2.08 bits per heavy atom. The van der Waals surface area contributed by atoms with Crippen molar-refractivity contribution >= 4 is 5.97 Å². The summed E-state index contributed by atoms with van der Waals surface area (Å²) < 4.78 is 0. The van der Waals surface area contributed by atoms with E-state index >= 15 is 0 Å². The van der Waals surface area contributed by atoms with E-state index in [1.54, 1.807) is 6.92 Å². The van der Waals surface area contributed by atoms with E-state index in [1.165, 1.54) is 0 Å². The van der Waals surface area contributed by atoms with Gasteiger partial charge in [0.25, 0.3) is 0 Å². The van der Waals surface area contributed by atoms with Crippen molar-refractivity contribution < 1.29 is 9.90 Å². The van der Waals surface area contributed by atoms with Gasteiger partial charge in [0.15, 0.2) is 0 Å². The third kappa shape index (κ3) is 1.79. The summed E-state index contributed by atoms with van der Waals surface area (Å²) in [5.74, 6) is 4.72. The van der Waals surface area contributed by atoms with Crippen molar-refractivity contribution in [2.75, 3.05) is 0 Å². The quantitative estimate of drug-likeness (QED) is 0.655. The van der Waals surface area contributed by atoms with Crippen LogP contribution in [-0.4, -0.2) is 11.1 Å². The van der Waals surface area contributed by atoms with Crippen LogP contribution in [0.5, 0.6) is 0 Å². The van der Waals surface area contributed by atoms with Gasteiger partial charge in [-0.15, -0.1) is 5.92 Å². The number of hydrogen-bond donors (Lipinski definition) is 1. The molecule has 0 aromatic heterocycles. The summed E-state index contributed by atoms with van der Waals surface area (Å²) in [4.78, 5) is 11.0. The van der Waals surface area contributed by atoms with E-state index in [0.29, 0.717) is 6.42 Å². The molecular weight excluding hydrogens is 152 g/mol. The summed E-state index contributed by atoms with van der Waals surface area (Å²) in [5.41, 5.74) is -0.852. The number of carbonyl (C=O) groups is 1. The lowest BCUT2D eigenvalue weighted by Crippen LogP contribution is -2.34. The Morgan fingerprint density at radius 1 is 1.58 bits per heavy atom. The van der Waals surface area contributed by atoms with Gasteiger partial charge in [0.05, 0.1) is 0 Å². The first-order chi connectivity index (χ1) is 5.51. The Balaban J connectivity index is 4.99. The van der Waals surface area contributed by atoms with Gasteiger partial charge in [-0.2, -0.15) is 0 Å². The molecule has 12 heavy (non-hydrogen) atoms. The summed E-state index contributed by atoms with van der Waals surface area (Å²) in [6.45, 7) is 7.32. The van der Waals surface area contributed by atoms with Crippen LogP contribution in [0.25, 0.3) is 0 Å². The zero-order valence-electron chi connectivity index (χ0n) is 8.14. The Hall–Kier alpha value is -0.970. The lowest BCUT2D eigenvalue weighted by atomic mass is 9.75. The van der Waals surface area contributed by atoms with Gasteiger partial charge >= 0.3 is 5.97 Å². The summed E-state index contributed by atoms with van der Waals surface area (Å²) in [5, 5.41) is 9.02. The molecule has 1 unspecified atom stereocenters. The molecule has 68 valence electrons. The van der Waals surface area contributed by atoms with Gasteiger partial charge in [0.2, 0.25) is 0 Å². The van der Waals surface area contributed by atoms with E-state index in [4.69, 9.17) is 5.11 Å². The van der Waals surface area contributed by atoms with Gasteiger partial charge in [-0.1, -0.05) is 26.7 Å². The standard InChI is InChI=1S/C10H16O2/c1-5-7-10(6-2,8(3)4)9(11)12/h8H,6H2,1-4H3,(H,11,12). The average Bonchev–Trinajstić information content (AvgIpc) is 1.98. The fourth-order valence-electron chi connectivity index (χ4n) is 1.32. The Labute approximate surface area is 74.0 Å². The fourth-order valence-corrected chi connectivity index (χ4v) is 1.32. The topological polar surface area (TPSA) is 37.3 Å². The number of carboxylic acid groups (broad SMARTS) is 1. The van der Waals surface area contributed by atoms with Gasteiger partial charge in [-0.05, 0) is 19.3 Å². The van der Waals surface area contributed by atoms with Crippen molar-refractivity contribution in [1.82, 2.24) is 0 Å². The molecule has 0 aromatic rings. The number of carboxylic acids is 1. The number of hydrogen-bond acceptors (Lipinski definition) is 1. The van der Waals surface area contributed by atoms with Crippen LogP contribution >= 0.6 is 0 Å². The molecule has 0 saturated carbocycles. The van der Waals surface area contributed by atoms with Crippen LogP contribution in [0.1, 0.15) is 34.1 Å². The molecule has 1 atom stereocenters. The van der Waals surface area contributed by atoms with Crippen LogP contribution in [0.3, 0.4) is 0 Å². The first-order valence-corrected chi connectivity index (χ1v) is 4.18. The zero-order valence-corrected chi connectivity index (χ0v) is 8.14. The second-order valence-corrected chi connectivity index (χ2v) is 3.16. The third-order valence-corrected chi connectivity index (χ3v) is 2.27. The molecule has 1 N–H and O–H groups in total.